The van der Waals surface area contributed by atoms with E-state index >= 15 is 0 Å². The summed E-state index contributed by atoms with van der Waals surface area (Å²) in [5.74, 6) is 0.609. The van der Waals surface area contributed by atoms with Crippen molar-refractivity contribution in [3.05, 3.63) is 24.0 Å². The summed E-state index contributed by atoms with van der Waals surface area (Å²) in [4.78, 5) is 14.4. The molecule has 0 radical (unpaired) electrons. The maximum atomic E-state index is 12.4. The van der Waals surface area contributed by atoms with E-state index in [1.54, 1.807) is 0 Å². The predicted molar refractivity (Wildman–Crippen MR) is 74.9 cm³/mol. The molecule has 1 aromatic rings. The molecule has 4 nitrogen and oxygen atoms in total. The average Bonchev–Trinajstić information content (AvgIpc) is 2.74. The summed E-state index contributed by atoms with van der Waals surface area (Å²) >= 11 is 0. The molecule has 1 fully saturated rings. The van der Waals surface area contributed by atoms with Crippen molar-refractivity contribution in [2.45, 2.75) is 25.8 Å². The first-order valence-electron chi connectivity index (χ1n) is 6.27. The van der Waals surface area contributed by atoms with Gasteiger partial charge in [-0.05, 0) is 30.9 Å². The minimum Gasteiger partial charge on any atom is -0.347 e. The van der Waals surface area contributed by atoms with E-state index in [1.165, 1.54) is 6.42 Å². The Morgan fingerprint density at radius 1 is 1.56 bits per heavy atom. The molecule has 1 aliphatic heterocycles. The Labute approximate surface area is 115 Å². The van der Waals surface area contributed by atoms with E-state index in [9.17, 15) is 4.79 Å². The molecule has 0 aromatic carbocycles. The highest BCUT2D eigenvalue weighted by molar-refractivity contribution is 5.93. The lowest BCUT2D eigenvalue weighted by Crippen LogP contribution is -2.51. The molecule has 2 unspecified atom stereocenters. The number of carbonyl (C=O) groups is 1. The van der Waals surface area contributed by atoms with Crippen LogP contribution in [-0.2, 0) is 7.05 Å². The van der Waals surface area contributed by atoms with Crippen LogP contribution in [0.1, 0.15) is 30.3 Å². The maximum absolute atomic E-state index is 12.4. The van der Waals surface area contributed by atoms with Crippen molar-refractivity contribution in [1.82, 2.24) is 9.47 Å². The Morgan fingerprint density at radius 3 is 2.83 bits per heavy atom. The standard InChI is InChI=1S/C13H21N3O.ClH/c1-10-5-3-8-16(12(10)9-14)13(17)11-6-4-7-15(11)2;/h4,6-7,10,12H,3,5,8-9,14H2,1-2H3;1H. The number of aromatic nitrogens is 1. The molecular formula is C13H22ClN3O. The highest BCUT2D eigenvalue weighted by atomic mass is 35.5. The number of aryl methyl sites for hydroxylation is 1. The zero-order valence-corrected chi connectivity index (χ0v) is 11.8. The molecule has 2 atom stereocenters. The molecule has 1 aliphatic rings. The minimum absolute atomic E-state index is 0. The molecule has 1 saturated heterocycles. The highest BCUT2D eigenvalue weighted by Gasteiger charge is 2.31. The van der Waals surface area contributed by atoms with Crippen LogP contribution >= 0.6 is 12.4 Å². The van der Waals surface area contributed by atoms with Gasteiger partial charge < -0.3 is 15.2 Å². The molecule has 18 heavy (non-hydrogen) atoms. The van der Waals surface area contributed by atoms with Gasteiger partial charge in [0, 0.05) is 32.4 Å². The third kappa shape index (κ3) is 2.70. The van der Waals surface area contributed by atoms with Crippen molar-refractivity contribution < 1.29 is 4.79 Å². The molecule has 0 aliphatic carbocycles. The number of rotatable bonds is 2. The molecule has 2 rings (SSSR count). The van der Waals surface area contributed by atoms with Gasteiger partial charge >= 0.3 is 0 Å². The van der Waals surface area contributed by atoms with Gasteiger partial charge in [-0.25, -0.2) is 0 Å². The normalized spacial score (nSPS) is 23.6. The van der Waals surface area contributed by atoms with Gasteiger partial charge in [0.05, 0.1) is 0 Å². The van der Waals surface area contributed by atoms with E-state index in [2.05, 4.69) is 6.92 Å². The second kappa shape index (κ2) is 6.25. The Balaban J connectivity index is 0.00000162. The zero-order chi connectivity index (χ0) is 12.4. The second-order valence-corrected chi connectivity index (χ2v) is 4.93. The monoisotopic (exact) mass is 271 g/mol. The van der Waals surface area contributed by atoms with Crippen LogP contribution in [0.15, 0.2) is 18.3 Å². The molecule has 2 N–H and O–H groups in total. The first-order valence-corrected chi connectivity index (χ1v) is 6.27. The Bertz CT molecular complexity index is 405. The summed E-state index contributed by atoms with van der Waals surface area (Å²) in [6, 6.07) is 3.96. The van der Waals surface area contributed by atoms with Crippen LogP contribution in [0.2, 0.25) is 0 Å². The number of hydrogen-bond acceptors (Lipinski definition) is 2. The minimum atomic E-state index is 0. The fourth-order valence-corrected chi connectivity index (χ4v) is 2.69. The molecule has 1 amide bonds. The average molecular weight is 272 g/mol. The maximum Gasteiger partial charge on any atom is 0.270 e. The number of halogens is 1. The zero-order valence-electron chi connectivity index (χ0n) is 11.0. The third-order valence-electron chi connectivity index (χ3n) is 3.78. The molecule has 1 aromatic heterocycles. The smallest absolute Gasteiger partial charge is 0.270 e. The van der Waals surface area contributed by atoms with Crippen molar-refractivity contribution in [1.29, 1.82) is 0 Å². The lowest BCUT2D eigenvalue weighted by molar-refractivity contribution is 0.0523. The Kier molecular flexibility index (Phi) is 5.23. The van der Waals surface area contributed by atoms with Crippen molar-refractivity contribution in [3.8, 4) is 0 Å². The summed E-state index contributed by atoms with van der Waals surface area (Å²) in [5, 5.41) is 0. The summed E-state index contributed by atoms with van der Waals surface area (Å²) in [7, 11) is 1.90. The second-order valence-electron chi connectivity index (χ2n) is 4.93. The molecule has 0 saturated carbocycles. The van der Waals surface area contributed by atoms with Gasteiger partial charge in [0.2, 0.25) is 0 Å². The first-order chi connectivity index (χ1) is 8.15. The van der Waals surface area contributed by atoms with Gasteiger partial charge in [0.25, 0.3) is 5.91 Å². The van der Waals surface area contributed by atoms with Crippen LogP contribution in [-0.4, -0.2) is 34.5 Å². The number of piperidine rings is 1. The fraction of sp³-hybridized carbons (Fsp3) is 0.615. The number of hydrogen-bond donors (Lipinski definition) is 1. The fourth-order valence-electron chi connectivity index (χ4n) is 2.69. The van der Waals surface area contributed by atoms with Gasteiger partial charge in [-0.1, -0.05) is 6.92 Å². The van der Waals surface area contributed by atoms with Crippen LogP contribution in [0, 0.1) is 5.92 Å². The van der Waals surface area contributed by atoms with Crippen LogP contribution in [0.3, 0.4) is 0 Å². The lowest BCUT2D eigenvalue weighted by atomic mass is 9.90. The molecule has 2 heterocycles. The SMILES string of the molecule is CC1CCCN(C(=O)c2cccn2C)C1CN.Cl. The molecular weight excluding hydrogens is 250 g/mol. The number of amides is 1. The van der Waals surface area contributed by atoms with E-state index in [1.807, 2.05) is 34.8 Å². The van der Waals surface area contributed by atoms with Crippen molar-refractivity contribution in [2.24, 2.45) is 18.7 Å². The molecule has 102 valence electrons. The van der Waals surface area contributed by atoms with Crippen molar-refractivity contribution in [2.75, 3.05) is 13.1 Å². The Morgan fingerprint density at radius 2 is 2.28 bits per heavy atom. The van der Waals surface area contributed by atoms with Crippen LogP contribution in [0.25, 0.3) is 0 Å². The molecule has 0 spiro atoms. The van der Waals surface area contributed by atoms with Crippen LogP contribution in [0.4, 0.5) is 0 Å². The molecule has 5 heteroatoms. The molecule has 0 bridgehead atoms. The predicted octanol–water partition coefficient (Wildman–Crippen LogP) is 1.65. The number of nitrogens with zero attached hydrogens (tertiary/aromatic N) is 2. The Hall–Kier alpha value is -1.00. The summed E-state index contributed by atoms with van der Waals surface area (Å²) < 4.78 is 1.87. The topological polar surface area (TPSA) is 51.3 Å². The van der Waals surface area contributed by atoms with Gasteiger partial charge in [0.15, 0.2) is 0 Å². The van der Waals surface area contributed by atoms with E-state index in [4.69, 9.17) is 5.73 Å². The largest absolute Gasteiger partial charge is 0.347 e. The van der Waals surface area contributed by atoms with Gasteiger partial charge in [-0.15, -0.1) is 12.4 Å². The summed E-state index contributed by atoms with van der Waals surface area (Å²) in [5.41, 5.74) is 6.56. The van der Waals surface area contributed by atoms with E-state index < -0.39 is 0 Å². The van der Waals surface area contributed by atoms with Crippen LogP contribution in [0.5, 0.6) is 0 Å². The van der Waals surface area contributed by atoms with Crippen molar-refractivity contribution in [3.63, 3.8) is 0 Å². The van der Waals surface area contributed by atoms with Gasteiger partial charge in [-0.3, -0.25) is 4.79 Å². The van der Waals surface area contributed by atoms with E-state index in [0.717, 1.165) is 18.7 Å². The number of carbonyl (C=O) groups excluding carboxylic acids is 1. The number of likely N-dealkylation sites (tertiary alicyclic amines) is 1. The first kappa shape index (κ1) is 15.1. The van der Waals surface area contributed by atoms with E-state index in [0.29, 0.717) is 12.5 Å². The third-order valence-corrected chi connectivity index (χ3v) is 3.78. The summed E-state index contributed by atoms with van der Waals surface area (Å²) in [6.07, 6.45) is 4.14. The summed E-state index contributed by atoms with van der Waals surface area (Å²) in [6.45, 7) is 3.56. The number of nitrogens with two attached hydrogens (primary N) is 1. The lowest BCUT2D eigenvalue weighted by Gasteiger charge is -2.39. The van der Waals surface area contributed by atoms with Crippen molar-refractivity contribution >= 4 is 18.3 Å². The van der Waals surface area contributed by atoms with Gasteiger partial charge in [0.1, 0.15) is 5.69 Å². The quantitative estimate of drug-likeness (QED) is 0.889. The van der Waals surface area contributed by atoms with Gasteiger partial charge in [-0.2, -0.15) is 0 Å². The van der Waals surface area contributed by atoms with Crippen LogP contribution < -0.4 is 5.73 Å². The highest BCUT2D eigenvalue weighted by Crippen LogP contribution is 2.24. The van der Waals surface area contributed by atoms with E-state index in [-0.39, 0.29) is 24.4 Å².